The minimum atomic E-state index is -0.641. The molecule has 0 aliphatic rings. The van der Waals surface area contributed by atoms with E-state index in [-0.39, 0.29) is 6.61 Å². The molecule has 0 amide bonds. The van der Waals surface area contributed by atoms with Crippen LogP contribution in [0, 0.1) is 0 Å². The van der Waals surface area contributed by atoms with Crippen LogP contribution >= 0.6 is 0 Å². The summed E-state index contributed by atoms with van der Waals surface area (Å²) in [6.07, 6.45) is 2.16. The first kappa shape index (κ1) is 16.8. The summed E-state index contributed by atoms with van der Waals surface area (Å²) >= 11 is 0. The Labute approximate surface area is 120 Å². The van der Waals surface area contributed by atoms with Crippen molar-refractivity contribution >= 4 is 0 Å². The lowest BCUT2D eigenvalue weighted by molar-refractivity contribution is 0.170. The van der Waals surface area contributed by atoms with Crippen molar-refractivity contribution in [2.75, 3.05) is 33.9 Å². The third-order valence-electron chi connectivity index (χ3n) is 3.15. The Morgan fingerprint density at radius 3 is 2.60 bits per heavy atom. The van der Waals surface area contributed by atoms with Crippen molar-refractivity contribution in [2.24, 2.45) is 0 Å². The lowest BCUT2D eigenvalue weighted by Gasteiger charge is -2.16. The van der Waals surface area contributed by atoms with Gasteiger partial charge in [0.2, 0.25) is 0 Å². The number of aliphatic hydroxyl groups is 2. The summed E-state index contributed by atoms with van der Waals surface area (Å²) < 4.78 is 10.4. The van der Waals surface area contributed by atoms with E-state index in [1.54, 1.807) is 32.4 Å². The van der Waals surface area contributed by atoms with E-state index in [2.05, 4.69) is 5.32 Å². The average molecular weight is 283 g/mol. The maximum Gasteiger partial charge on any atom is 0.124 e. The maximum absolute atomic E-state index is 10.2. The van der Waals surface area contributed by atoms with Gasteiger partial charge in [-0.25, -0.2) is 0 Å². The summed E-state index contributed by atoms with van der Waals surface area (Å²) in [6, 6.07) is 5.38. The van der Waals surface area contributed by atoms with Gasteiger partial charge in [-0.3, -0.25) is 0 Å². The molecule has 1 aromatic carbocycles. The fraction of sp³-hybridized carbons (Fsp3) is 0.600. The molecule has 1 unspecified atom stereocenters. The molecule has 0 aliphatic heterocycles. The molecule has 1 aromatic rings. The molecule has 0 saturated heterocycles. The lowest BCUT2D eigenvalue weighted by atomic mass is 10.1. The molecule has 0 heterocycles. The number of nitrogens with one attached hydrogen (secondary N) is 1. The first-order valence-corrected chi connectivity index (χ1v) is 6.94. The summed E-state index contributed by atoms with van der Waals surface area (Å²) in [7, 11) is 3.18. The first-order chi connectivity index (χ1) is 9.72. The number of unbranched alkanes of at least 4 members (excludes halogenated alkanes) is 2. The van der Waals surface area contributed by atoms with Crippen LogP contribution in [0.1, 0.15) is 30.9 Å². The van der Waals surface area contributed by atoms with Crippen molar-refractivity contribution in [3.05, 3.63) is 23.8 Å². The number of methoxy groups -OCH3 is 2. The fourth-order valence-corrected chi connectivity index (χ4v) is 1.99. The highest BCUT2D eigenvalue weighted by molar-refractivity contribution is 5.41. The normalized spacial score (nSPS) is 12.2. The third-order valence-corrected chi connectivity index (χ3v) is 3.15. The topological polar surface area (TPSA) is 71.0 Å². The Morgan fingerprint density at radius 1 is 1.15 bits per heavy atom. The van der Waals surface area contributed by atoms with Crippen molar-refractivity contribution in [1.82, 2.24) is 5.32 Å². The summed E-state index contributed by atoms with van der Waals surface area (Å²) in [5.41, 5.74) is 0.717. The molecule has 0 aromatic heterocycles. The van der Waals surface area contributed by atoms with E-state index in [4.69, 9.17) is 14.6 Å². The standard InChI is InChI=1S/C15H25NO4/c1-19-12-6-7-15(20-2)13(10-12)14(18)11-16-8-4-3-5-9-17/h6-7,10,14,16-18H,3-5,8-9,11H2,1-2H3. The molecule has 1 rings (SSSR count). The van der Waals surface area contributed by atoms with Gasteiger partial charge in [0.05, 0.1) is 20.3 Å². The molecule has 5 nitrogen and oxygen atoms in total. The predicted molar refractivity (Wildman–Crippen MR) is 78.3 cm³/mol. The van der Waals surface area contributed by atoms with Gasteiger partial charge in [0, 0.05) is 18.7 Å². The Hall–Kier alpha value is -1.30. The zero-order valence-electron chi connectivity index (χ0n) is 12.3. The van der Waals surface area contributed by atoms with Gasteiger partial charge in [-0.05, 0) is 44.0 Å². The zero-order chi connectivity index (χ0) is 14.8. The Bertz CT molecular complexity index is 384. The molecule has 5 heteroatoms. The number of rotatable bonds is 10. The second-order valence-electron chi connectivity index (χ2n) is 4.61. The summed E-state index contributed by atoms with van der Waals surface area (Å²) in [5.74, 6) is 1.35. The lowest BCUT2D eigenvalue weighted by Crippen LogP contribution is -2.23. The van der Waals surface area contributed by atoms with Crippen molar-refractivity contribution in [3.63, 3.8) is 0 Å². The van der Waals surface area contributed by atoms with Gasteiger partial charge in [0.1, 0.15) is 11.5 Å². The molecule has 3 N–H and O–H groups in total. The van der Waals surface area contributed by atoms with E-state index in [9.17, 15) is 5.11 Å². The van der Waals surface area contributed by atoms with Gasteiger partial charge in [0.25, 0.3) is 0 Å². The molecule has 0 saturated carbocycles. The van der Waals surface area contributed by atoms with Crippen LogP contribution in [0.2, 0.25) is 0 Å². The van der Waals surface area contributed by atoms with Crippen LogP contribution in [0.4, 0.5) is 0 Å². The van der Waals surface area contributed by atoms with Crippen LogP contribution in [-0.2, 0) is 0 Å². The number of hydrogen-bond acceptors (Lipinski definition) is 5. The Morgan fingerprint density at radius 2 is 1.95 bits per heavy atom. The second-order valence-corrected chi connectivity index (χ2v) is 4.61. The molecule has 20 heavy (non-hydrogen) atoms. The van der Waals surface area contributed by atoms with E-state index in [0.717, 1.165) is 31.4 Å². The molecule has 114 valence electrons. The number of benzene rings is 1. The third kappa shape index (κ3) is 5.36. The van der Waals surface area contributed by atoms with Crippen LogP contribution in [0.5, 0.6) is 11.5 Å². The smallest absolute Gasteiger partial charge is 0.124 e. The molecular formula is C15H25NO4. The zero-order valence-corrected chi connectivity index (χ0v) is 12.3. The molecule has 0 fully saturated rings. The van der Waals surface area contributed by atoms with Crippen LogP contribution in [0.3, 0.4) is 0 Å². The highest BCUT2D eigenvalue weighted by Crippen LogP contribution is 2.28. The number of ether oxygens (including phenoxy) is 2. The largest absolute Gasteiger partial charge is 0.497 e. The molecule has 0 spiro atoms. The van der Waals surface area contributed by atoms with Crippen molar-refractivity contribution in [1.29, 1.82) is 0 Å². The minimum absolute atomic E-state index is 0.240. The second kappa shape index (κ2) is 9.58. The first-order valence-electron chi connectivity index (χ1n) is 6.94. The predicted octanol–water partition coefficient (Wildman–Crippen LogP) is 1.49. The number of hydrogen-bond donors (Lipinski definition) is 3. The molecule has 0 aliphatic carbocycles. The summed E-state index contributed by atoms with van der Waals surface area (Å²) in [6.45, 7) is 1.52. The van der Waals surface area contributed by atoms with Gasteiger partial charge in [0.15, 0.2) is 0 Å². The van der Waals surface area contributed by atoms with Crippen molar-refractivity contribution < 1.29 is 19.7 Å². The monoisotopic (exact) mass is 283 g/mol. The molecule has 0 radical (unpaired) electrons. The van der Waals surface area contributed by atoms with E-state index in [1.165, 1.54) is 0 Å². The highest BCUT2D eigenvalue weighted by Gasteiger charge is 2.14. The van der Waals surface area contributed by atoms with E-state index >= 15 is 0 Å². The quantitative estimate of drug-likeness (QED) is 0.568. The van der Waals surface area contributed by atoms with E-state index < -0.39 is 6.10 Å². The van der Waals surface area contributed by atoms with E-state index in [0.29, 0.717) is 18.0 Å². The number of aliphatic hydroxyl groups excluding tert-OH is 2. The highest BCUT2D eigenvalue weighted by atomic mass is 16.5. The summed E-state index contributed by atoms with van der Waals surface area (Å²) in [5, 5.41) is 22.1. The molecular weight excluding hydrogens is 258 g/mol. The van der Waals surface area contributed by atoms with Crippen molar-refractivity contribution in [3.8, 4) is 11.5 Å². The van der Waals surface area contributed by atoms with Crippen molar-refractivity contribution in [2.45, 2.75) is 25.4 Å². The minimum Gasteiger partial charge on any atom is -0.497 e. The van der Waals surface area contributed by atoms with Gasteiger partial charge in [-0.15, -0.1) is 0 Å². The average Bonchev–Trinajstić information content (AvgIpc) is 2.49. The maximum atomic E-state index is 10.2. The van der Waals surface area contributed by atoms with Crippen LogP contribution < -0.4 is 14.8 Å². The van der Waals surface area contributed by atoms with Gasteiger partial charge in [-0.2, -0.15) is 0 Å². The summed E-state index contributed by atoms with van der Waals surface area (Å²) in [4.78, 5) is 0. The van der Waals surface area contributed by atoms with Gasteiger partial charge >= 0.3 is 0 Å². The van der Waals surface area contributed by atoms with Crippen LogP contribution in [-0.4, -0.2) is 44.1 Å². The Balaban J connectivity index is 2.47. The van der Waals surface area contributed by atoms with E-state index in [1.807, 2.05) is 0 Å². The fourth-order valence-electron chi connectivity index (χ4n) is 1.99. The Kier molecular flexibility index (Phi) is 8.02. The van der Waals surface area contributed by atoms with Gasteiger partial charge < -0.3 is 25.0 Å². The van der Waals surface area contributed by atoms with Gasteiger partial charge in [-0.1, -0.05) is 0 Å². The van der Waals surface area contributed by atoms with Crippen LogP contribution in [0.25, 0.3) is 0 Å². The molecule has 0 bridgehead atoms. The molecule has 1 atom stereocenters. The SMILES string of the molecule is COc1ccc(OC)c(C(O)CNCCCCCO)c1. The van der Waals surface area contributed by atoms with Crippen LogP contribution in [0.15, 0.2) is 18.2 Å².